The molecule has 1 aliphatic heterocycles. The lowest BCUT2D eigenvalue weighted by Gasteiger charge is -2.38. The summed E-state index contributed by atoms with van der Waals surface area (Å²) in [4.78, 5) is 31.7. The van der Waals surface area contributed by atoms with Crippen LogP contribution in [0.5, 0.6) is 0 Å². The summed E-state index contributed by atoms with van der Waals surface area (Å²) in [5.41, 5.74) is 5.02. The highest BCUT2D eigenvalue weighted by molar-refractivity contribution is 8.14. The number of Topliss-reactive ketones (excluding diaryl/α,β-unsaturated/α-hetero) is 1. The van der Waals surface area contributed by atoms with Crippen molar-refractivity contribution in [1.29, 1.82) is 0 Å². The second-order valence-electron chi connectivity index (χ2n) is 9.10. The van der Waals surface area contributed by atoms with E-state index in [0.29, 0.717) is 31.6 Å². The van der Waals surface area contributed by atoms with Gasteiger partial charge in [0.15, 0.2) is 10.9 Å². The lowest BCUT2D eigenvalue weighted by Crippen LogP contribution is -2.43. The third kappa shape index (κ3) is 6.32. The van der Waals surface area contributed by atoms with E-state index in [1.54, 1.807) is 42.0 Å². The first-order valence-electron chi connectivity index (χ1n) is 11.8. The lowest BCUT2D eigenvalue weighted by atomic mass is 9.93. The zero-order chi connectivity index (χ0) is 24.4. The van der Waals surface area contributed by atoms with E-state index in [1.165, 1.54) is 17.8 Å². The van der Waals surface area contributed by atoms with Gasteiger partial charge in [0, 0.05) is 48.3 Å². The van der Waals surface area contributed by atoms with Crippen molar-refractivity contribution in [3.8, 4) is 0 Å². The van der Waals surface area contributed by atoms with Gasteiger partial charge in [0.25, 0.3) is 0 Å². The summed E-state index contributed by atoms with van der Waals surface area (Å²) in [6, 6.07) is 7.91. The average Bonchev–Trinajstić information content (AvgIpc) is 3.39. The van der Waals surface area contributed by atoms with Crippen molar-refractivity contribution < 1.29 is 14.0 Å². The fourth-order valence-corrected chi connectivity index (χ4v) is 6.08. The Bertz CT molecular complexity index is 1240. The molecule has 2 aromatic heterocycles. The van der Waals surface area contributed by atoms with E-state index < -0.39 is 6.04 Å². The summed E-state index contributed by atoms with van der Waals surface area (Å²) in [5.74, 6) is -0.240. The van der Waals surface area contributed by atoms with Crippen molar-refractivity contribution >= 4 is 52.5 Å². The van der Waals surface area contributed by atoms with Gasteiger partial charge in [-0.25, -0.2) is 9.37 Å². The zero-order valence-corrected chi connectivity index (χ0v) is 22.3. The first kappa shape index (κ1) is 26.7. The zero-order valence-electron chi connectivity index (χ0n) is 19.9. The van der Waals surface area contributed by atoms with Crippen LogP contribution in [0.25, 0.3) is 6.08 Å². The SMILES string of the molecule is CC(=O)SC1CCN(C(C(=O)C2CC2)c2ccccc2F)C/C1=C\c1ccn(Cc2cscn2)n1.Cl. The van der Waals surface area contributed by atoms with Gasteiger partial charge in [0.05, 0.1) is 29.5 Å². The average molecular weight is 547 g/mol. The van der Waals surface area contributed by atoms with Crippen molar-refractivity contribution in [3.63, 3.8) is 0 Å². The van der Waals surface area contributed by atoms with Crippen LogP contribution in [0.3, 0.4) is 0 Å². The summed E-state index contributed by atoms with van der Waals surface area (Å²) in [6.07, 6.45) is 6.39. The van der Waals surface area contributed by atoms with Gasteiger partial charge in [0.1, 0.15) is 5.82 Å². The molecule has 36 heavy (non-hydrogen) atoms. The monoisotopic (exact) mass is 546 g/mol. The lowest BCUT2D eigenvalue weighted by molar-refractivity contribution is -0.126. The van der Waals surface area contributed by atoms with E-state index in [9.17, 15) is 14.0 Å². The molecule has 0 radical (unpaired) electrons. The molecule has 0 N–H and O–H groups in total. The molecular formula is C26H28ClFN4O2S2. The molecule has 2 unspecified atom stereocenters. The Morgan fingerprint density at radius 2 is 2.06 bits per heavy atom. The molecule has 1 aromatic carbocycles. The van der Waals surface area contributed by atoms with Crippen LogP contribution in [-0.2, 0) is 16.1 Å². The van der Waals surface area contributed by atoms with E-state index in [4.69, 9.17) is 0 Å². The van der Waals surface area contributed by atoms with Gasteiger partial charge in [-0.3, -0.25) is 19.2 Å². The van der Waals surface area contributed by atoms with Crippen LogP contribution < -0.4 is 0 Å². The van der Waals surface area contributed by atoms with Crippen molar-refractivity contribution in [1.82, 2.24) is 19.7 Å². The predicted octanol–water partition coefficient (Wildman–Crippen LogP) is 5.41. The number of benzene rings is 1. The Labute approximate surface area is 224 Å². The number of piperidine rings is 1. The molecule has 0 bridgehead atoms. The first-order valence-corrected chi connectivity index (χ1v) is 13.6. The number of carbonyl (C=O) groups excluding carboxylic acids is 2. The van der Waals surface area contributed by atoms with E-state index >= 15 is 0 Å². The van der Waals surface area contributed by atoms with Crippen LogP contribution in [0, 0.1) is 11.7 Å². The molecule has 0 spiro atoms. The Morgan fingerprint density at radius 1 is 1.25 bits per heavy atom. The van der Waals surface area contributed by atoms with Gasteiger partial charge >= 0.3 is 0 Å². The van der Waals surface area contributed by atoms with Crippen LogP contribution in [0.15, 0.2) is 53.0 Å². The van der Waals surface area contributed by atoms with Crippen molar-refractivity contribution in [3.05, 3.63) is 75.8 Å². The predicted molar refractivity (Wildman–Crippen MR) is 144 cm³/mol. The Hall–Kier alpha value is -2.33. The largest absolute Gasteiger partial charge is 0.297 e. The molecule has 5 rings (SSSR count). The second kappa shape index (κ2) is 11.8. The summed E-state index contributed by atoms with van der Waals surface area (Å²) in [5, 5.41) is 6.73. The fraction of sp³-hybridized carbons (Fsp3) is 0.385. The third-order valence-electron chi connectivity index (χ3n) is 6.40. The minimum atomic E-state index is -0.613. The minimum absolute atomic E-state index is 0. The van der Waals surface area contributed by atoms with Crippen LogP contribution in [0.2, 0.25) is 0 Å². The molecule has 1 saturated carbocycles. The molecule has 3 aromatic rings. The molecule has 2 aliphatic rings. The number of hydrogen-bond acceptors (Lipinski definition) is 7. The van der Waals surface area contributed by atoms with Gasteiger partial charge in [-0.15, -0.1) is 23.7 Å². The van der Waals surface area contributed by atoms with Gasteiger partial charge in [-0.2, -0.15) is 5.10 Å². The molecule has 1 saturated heterocycles. The second-order valence-corrected chi connectivity index (χ2v) is 11.2. The van der Waals surface area contributed by atoms with Gasteiger partial charge < -0.3 is 0 Å². The number of hydrogen-bond donors (Lipinski definition) is 0. The number of rotatable bonds is 8. The Balaban J connectivity index is 0.00000304. The Kier molecular flexibility index (Phi) is 8.77. The highest BCUT2D eigenvalue weighted by Crippen LogP contribution is 2.40. The maximum absolute atomic E-state index is 14.8. The highest BCUT2D eigenvalue weighted by atomic mass is 35.5. The summed E-state index contributed by atoms with van der Waals surface area (Å²) in [7, 11) is 0. The molecule has 10 heteroatoms. The number of aromatic nitrogens is 3. The highest BCUT2D eigenvalue weighted by Gasteiger charge is 2.41. The molecule has 3 heterocycles. The number of ketones is 1. The van der Waals surface area contributed by atoms with Gasteiger partial charge in [-0.05, 0) is 43.0 Å². The van der Waals surface area contributed by atoms with Crippen LogP contribution >= 0.6 is 35.5 Å². The third-order valence-corrected chi connectivity index (χ3v) is 8.19. The summed E-state index contributed by atoms with van der Waals surface area (Å²) in [6.45, 7) is 3.28. The molecule has 0 amide bonds. The van der Waals surface area contributed by atoms with Crippen LogP contribution in [0.1, 0.15) is 49.2 Å². The fourth-order valence-electron chi connectivity index (χ4n) is 4.61. The van der Waals surface area contributed by atoms with E-state index in [-0.39, 0.29) is 40.3 Å². The molecular weight excluding hydrogens is 519 g/mol. The molecule has 1 aliphatic carbocycles. The van der Waals surface area contributed by atoms with E-state index in [2.05, 4.69) is 15.0 Å². The smallest absolute Gasteiger partial charge is 0.186 e. The first-order chi connectivity index (χ1) is 17.0. The minimum Gasteiger partial charge on any atom is -0.297 e. The molecule has 6 nitrogen and oxygen atoms in total. The number of thioether (sulfide) groups is 1. The quantitative estimate of drug-likeness (QED) is 0.376. The normalized spacial score (nSPS) is 20.2. The topological polar surface area (TPSA) is 68.1 Å². The number of likely N-dealkylation sites (tertiary alicyclic amines) is 1. The summed E-state index contributed by atoms with van der Waals surface area (Å²) >= 11 is 2.87. The van der Waals surface area contributed by atoms with Crippen molar-refractivity contribution in [2.45, 2.75) is 44.0 Å². The number of carbonyl (C=O) groups is 2. The standard InChI is InChI=1S/C26H27FN4O2S2.ClH/c1-17(32)35-24-9-10-30(25(26(33)18-6-7-18)22-4-2-3-5-23(22)27)13-19(24)12-20-8-11-31(29-20)14-21-15-34-16-28-21;/h2-5,8,11-12,15-16,18,24-25H,6-7,9-10,13-14H2,1H3;1H/b19-12+;. The molecule has 2 atom stereocenters. The molecule has 190 valence electrons. The van der Waals surface area contributed by atoms with Crippen LogP contribution in [-0.4, -0.2) is 48.9 Å². The van der Waals surface area contributed by atoms with E-state index in [1.807, 2.05) is 28.4 Å². The molecule has 2 fully saturated rings. The Morgan fingerprint density at radius 3 is 2.75 bits per heavy atom. The number of thiazole rings is 1. The van der Waals surface area contributed by atoms with Crippen LogP contribution in [0.4, 0.5) is 4.39 Å². The van der Waals surface area contributed by atoms with E-state index in [0.717, 1.165) is 29.8 Å². The summed E-state index contributed by atoms with van der Waals surface area (Å²) < 4.78 is 16.7. The number of nitrogens with zero attached hydrogens (tertiary/aromatic N) is 4. The van der Waals surface area contributed by atoms with Crippen molar-refractivity contribution in [2.24, 2.45) is 5.92 Å². The maximum atomic E-state index is 14.8. The maximum Gasteiger partial charge on any atom is 0.186 e. The van der Waals surface area contributed by atoms with Crippen molar-refractivity contribution in [2.75, 3.05) is 13.1 Å². The van der Waals surface area contributed by atoms with Gasteiger partial charge in [0.2, 0.25) is 0 Å². The number of halogens is 2. The van der Waals surface area contributed by atoms with Gasteiger partial charge in [-0.1, -0.05) is 30.0 Å².